The van der Waals surface area contributed by atoms with Gasteiger partial charge in [-0.1, -0.05) is 30.3 Å². The van der Waals surface area contributed by atoms with Gasteiger partial charge in [0.25, 0.3) is 0 Å². The Kier molecular flexibility index (Phi) is 6.42. The fraction of sp³-hybridized carbons (Fsp3) is 0.579. The van der Waals surface area contributed by atoms with Crippen LogP contribution in [0.2, 0.25) is 0 Å². The monoisotopic (exact) mass is 347 g/mol. The largest absolute Gasteiger partial charge is 0.460 e. The summed E-state index contributed by atoms with van der Waals surface area (Å²) in [4.78, 5) is 25.7. The number of benzene rings is 1. The molecule has 0 bridgehead atoms. The SMILES string of the molecule is O=C(OCc1ccccc1)C1CN(C(=O)CCOC[C@H]2CCCO2)C1. The van der Waals surface area contributed by atoms with Gasteiger partial charge < -0.3 is 19.1 Å². The van der Waals surface area contributed by atoms with E-state index >= 15 is 0 Å². The third-order valence-electron chi connectivity index (χ3n) is 4.58. The summed E-state index contributed by atoms with van der Waals surface area (Å²) in [6.45, 7) is 2.93. The third kappa shape index (κ3) is 5.28. The van der Waals surface area contributed by atoms with E-state index in [4.69, 9.17) is 14.2 Å². The van der Waals surface area contributed by atoms with Crippen LogP contribution in [-0.2, 0) is 30.4 Å². The number of ether oxygens (including phenoxy) is 3. The van der Waals surface area contributed by atoms with Crippen molar-refractivity contribution in [2.75, 3.05) is 32.9 Å². The molecule has 2 aliphatic heterocycles. The minimum absolute atomic E-state index is 0.0273. The van der Waals surface area contributed by atoms with Crippen LogP contribution >= 0.6 is 0 Å². The molecular weight excluding hydrogens is 322 g/mol. The Morgan fingerprint density at radius 3 is 2.72 bits per heavy atom. The summed E-state index contributed by atoms with van der Waals surface area (Å²) >= 11 is 0. The highest BCUT2D eigenvalue weighted by atomic mass is 16.5. The molecule has 0 N–H and O–H groups in total. The van der Waals surface area contributed by atoms with Gasteiger partial charge in [0.1, 0.15) is 6.61 Å². The molecule has 3 rings (SSSR count). The van der Waals surface area contributed by atoms with E-state index in [1.807, 2.05) is 30.3 Å². The molecule has 1 amide bonds. The molecule has 0 spiro atoms. The highest BCUT2D eigenvalue weighted by Gasteiger charge is 2.36. The lowest BCUT2D eigenvalue weighted by atomic mass is 10.00. The normalized spacial score (nSPS) is 20.3. The lowest BCUT2D eigenvalue weighted by molar-refractivity contribution is -0.159. The number of esters is 1. The van der Waals surface area contributed by atoms with Gasteiger partial charge >= 0.3 is 5.97 Å². The second-order valence-electron chi connectivity index (χ2n) is 6.55. The minimum Gasteiger partial charge on any atom is -0.460 e. The predicted octanol–water partition coefficient (Wildman–Crippen LogP) is 1.77. The molecule has 136 valence electrons. The Hall–Kier alpha value is -1.92. The molecule has 25 heavy (non-hydrogen) atoms. The van der Waals surface area contributed by atoms with E-state index in [1.54, 1.807) is 4.90 Å². The van der Waals surface area contributed by atoms with Crippen molar-refractivity contribution in [2.24, 2.45) is 5.92 Å². The molecule has 0 radical (unpaired) electrons. The summed E-state index contributed by atoms with van der Waals surface area (Å²) in [5, 5.41) is 0. The first-order chi connectivity index (χ1) is 12.2. The van der Waals surface area contributed by atoms with Crippen molar-refractivity contribution in [1.82, 2.24) is 4.90 Å². The highest BCUT2D eigenvalue weighted by Crippen LogP contribution is 2.19. The second kappa shape index (κ2) is 8.97. The summed E-state index contributed by atoms with van der Waals surface area (Å²) in [7, 11) is 0. The highest BCUT2D eigenvalue weighted by molar-refractivity contribution is 5.81. The smallest absolute Gasteiger partial charge is 0.312 e. The van der Waals surface area contributed by atoms with Gasteiger partial charge in [0.15, 0.2) is 0 Å². The van der Waals surface area contributed by atoms with E-state index in [9.17, 15) is 9.59 Å². The van der Waals surface area contributed by atoms with Crippen molar-refractivity contribution < 1.29 is 23.8 Å². The molecular formula is C19H25NO5. The zero-order valence-electron chi connectivity index (χ0n) is 14.4. The van der Waals surface area contributed by atoms with Crippen molar-refractivity contribution >= 4 is 11.9 Å². The van der Waals surface area contributed by atoms with Gasteiger partial charge in [-0.15, -0.1) is 0 Å². The maximum absolute atomic E-state index is 12.0. The van der Waals surface area contributed by atoms with Crippen LogP contribution in [0.1, 0.15) is 24.8 Å². The molecule has 1 aromatic rings. The molecule has 6 nitrogen and oxygen atoms in total. The van der Waals surface area contributed by atoms with Crippen LogP contribution < -0.4 is 0 Å². The first kappa shape index (κ1) is 17.9. The van der Waals surface area contributed by atoms with Crippen LogP contribution in [-0.4, -0.2) is 55.8 Å². The molecule has 6 heteroatoms. The molecule has 0 aliphatic carbocycles. The van der Waals surface area contributed by atoms with Gasteiger partial charge in [-0.05, 0) is 18.4 Å². The molecule has 2 heterocycles. The Bertz CT molecular complexity index is 564. The van der Waals surface area contributed by atoms with E-state index in [-0.39, 0.29) is 30.5 Å². The number of likely N-dealkylation sites (tertiary alicyclic amines) is 1. The van der Waals surface area contributed by atoms with Crippen LogP contribution in [0.25, 0.3) is 0 Å². The van der Waals surface area contributed by atoms with Crippen LogP contribution in [0.3, 0.4) is 0 Å². The van der Waals surface area contributed by atoms with E-state index in [0.717, 1.165) is 25.0 Å². The average Bonchev–Trinajstić information content (AvgIpc) is 3.10. The Morgan fingerprint density at radius 1 is 1.20 bits per heavy atom. The summed E-state index contributed by atoms with van der Waals surface area (Å²) < 4.78 is 16.3. The molecule has 0 unspecified atom stereocenters. The standard InChI is InChI=1S/C19H25NO5/c21-18(8-10-23-14-17-7-4-9-24-17)20-11-16(12-20)19(22)25-13-15-5-2-1-3-6-15/h1-3,5-6,16-17H,4,7-14H2/t17-/m1/s1. The zero-order chi connectivity index (χ0) is 17.5. The first-order valence-corrected chi connectivity index (χ1v) is 8.90. The van der Waals surface area contributed by atoms with Gasteiger partial charge in [0.2, 0.25) is 5.91 Å². The molecule has 1 aromatic carbocycles. The molecule has 1 atom stereocenters. The van der Waals surface area contributed by atoms with E-state index in [1.165, 1.54) is 0 Å². The molecule has 0 saturated carbocycles. The quantitative estimate of drug-likeness (QED) is 0.530. The fourth-order valence-electron chi connectivity index (χ4n) is 2.99. The summed E-state index contributed by atoms with van der Waals surface area (Å²) in [5.74, 6) is -0.414. The number of hydrogen-bond acceptors (Lipinski definition) is 5. The molecule has 2 fully saturated rings. The maximum Gasteiger partial charge on any atom is 0.312 e. The van der Waals surface area contributed by atoms with Gasteiger partial charge in [-0.2, -0.15) is 0 Å². The van der Waals surface area contributed by atoms with E-state index < -0.39 is 0 Å². The maximum atomic E-state index is 12.0. The summed E-state index contributed by atoms with van der Waals surface area (Å²) in [6.07, 6.45) is 2.65. The number of amides is 1. The van der Waals surface area contributed by atoms with Crippen LogP contribution in [0.15, 0.2) is 30.3 Å². The van der Waals surface area contributed by atoms with E-state index in [0.29, 0.717) is 32.7 Å². The van der Waals surface area contributed by atoms with Crippen molar-refractivity contribution in [3.05, 3.63) is 35.9 Å². The Morgan fingerprint density at radius 2 is 2.00 bits per heavy atom. The van der Waals surface area contributed by atoms with Crippen molar-refractivity contribution in [3.63, 3.8) is 0 Å². The number of carbonyl (C=O) groups excluding carboxylic acids is 2. The topological polar surface area (TPSA) is 65.1 Å². The number of carbonyl (C=O) groups is 2. The lowest BCUT2D eigenvalue weighted by Gasteiger charge is -2.37. The Labute approximate surface area is 148 Å². The van der Waals surface area contributed by atoms with Gasteiger partial charge in [0, 0.05) is 19.7 Å². The number of nitrogens with zero attached hydrogens (tertiary/aromatic N) is 1. The average molecular weight is 347 g/mol. The van der Waals surface area contributed by atoms with Crippen molar-refractivity contribution in [2.45, 2.75) is 32.0 Å². The summed E-state index contributed by atoms with van der Waals surface area (Å²) in [5.41, 5.74) is 0.964. The van der Waals surface area contributed by atoms with Gasteiger partial charge in [0.05, 0.1) is 31.7 Å². The van der Waals surface area contributed by atoms with Gasteiger partial charge in [-0.25, -0.2) is 0 Å². The van der Waals surface area contributed by atoms with Crippen LogP contribution in [0.5, 0.6) is 0 Å². The number of hydrogen-bond donors (Lipinski definition) is 0. The third-order valence-corrected chi connectivity index (χ3v) is 4.58. The first-order valence-electron chi connectivity index (χ1n) is 8.90. The van der Waals surface area contributed by atoms with Crippen molar-refractivity contribution in [1.29, 1.82) is 0 Å². The van der Waals surface area contributed by atoms with Crippen LogP contribution in [0, 0.1) is 5.92 Å². The predicted molar refractivity (Wildman–Crippen MR) is 90.7 cm³/mol. The second-order valence-corrected chi connectivity index (χ2v) is 6.55. The fourth-order valence-corrected chi connectivity index (χ4v) is 2.99. The molecule has 2 saturated heterocycles. The number of rotatable bonds is 8. The molecule has 2 aliphatic rings. The zero-order valence-corrected chi connectivity index (χ0v) is 14.4. The lowest BCUT2D eigenvalue weighted by Crippen LogP contribution is -2.53. The minimum atomic E-state index is -0.234. The van der Waals surface area contributed by atoms with Gasteiger partial charge in [-0.3, -0.25) is 9.59 Å². The Balaban J connectivity index is 1.26. The molecule has 0 aromatic heterocycles. The van der Waals surface area contributed by atoms with Crippen LogP contribution in [0.4, 0.5) is 0 Å². The van der Waals surface area contributed by atoms with E-state index in [2.05, 4.69) is 0 Å². The summed E-state index contributed by atoms with van der Waals surface area (Å²) in [6, 6.07) is 9.58. The van der Waals surface area contributed by atoms with Crippen molar-refractivity contribution in [3.8, 4) is 0 Å².